The number of hydrogen-bond donors (Lipinski definition) is 0. The van der Waals surface area contributed by atoms with Crippen LogP contribution in [-0.2, 0) is 11.3 Å². The third-order valence-corrected chi connectivity index (χ3v) is 4.83. The highest BCUT2D eigenvalue weighted by Gasteiger charge is 2.28. The van der Waals surface area contributed by atoms with Crippen molar-refractivity contribution in [3.05, 3.63) is 70.8 Å². The minimum Gasteiger partial charge on any atom is -0.285 e. The van der Waals surface area contributed by atoms with Gasteiger partial charge < -0.3 is 0 Å². The zero-order valence-electron chi connectivity index (χ0n) is 13.8. The Morgan fingerprint density at radius 2 is 1.88 bits per heavy atom. The second-order valence-electron chi connectivity index (χ2n) is 5.73. The second-order valence-corrected chi connectivity index (χ2v) is 6.68. The minimum atomic E-state index is 0.0764. The van der Waals surface area contributed by atoms with Crippen molar-refractivity contribution in [1.82, 2.24) is 4.90 Å². The lowest BCUT2D eigenvalue weighted by molar-refractivity contribution is -0.124. The highest BCUT2D eigenvalue weighted by molar-refractivity contribution is 8.15. The summed E-state index contributed by atoms with van der Waals surface area (Å²) in [6, 6.07) is 16.1. The molecule has 2 aromatic carbocycles. The lowest BCUT2D eigenvalue weighted by atomic mass is 10.1. The van der Waals surface area contributed by atoms with E-state index in [0.717, 1.165) is 11.1 Å². The molecule has 0 atom stereocenters. The maximum Gasteiger partial charge on any atom is 0.239 e. The first-order valence-electron chi connectivity index (χ1n) is 7.79. The molecular formula is C19H19N3OS. The van der Waals surface area contributed by atoms with Gasteiger partial charge in [0.15, 0.2) is 5.17 Å². The van der Waals surface area contributed by atoms with E-state index in [1.54, 1.807) is 11.1 Å². The Hall–Kier alpha value is -2.40. The number of thioether (sulfide) groups is 1. The molecule has 0 aliphatic carbocycles. The summed E-state index contributed by atoms with van der Waals surface area (Å²) >= 11 is 1.43. The van der Waals surface area contributed by atoms with Crippen molar-refractivity contribution < 1.29 is 4.79 Å². The van der Waals surface area contributed by atoms with Gasteiger partial charge in [0.25, 0.3) is 0 Å². The normalized spacial score (nSPS) is 16.5. The number of carbonyl (C=O) groups excluding carboxylic acids is 1. The Labute approximate surface area is 146 Å². The quantitative estimate of drug-likeness (QED) is 0.630. The van der Waals surface area contributed by atoms with Crippen LogP contribution in [0.25, 0.3) is 0 Å². The molecule has 2 aromatic rings. The molecule has 5 heteroatoms. The number of benzene rings is 2. The molecule has 1 aliphatic rings. The fourth-order valence-electron chi connectivity index (χ4n) is 2.38. The topological polar surface area (TPSA) is 45.0 Å². The molecule has 1 aliphatic heterocycles. The standard InChI is InChI=1S/C19H19N3OS/c1-14-7-9-16(10-8-14)11-20-21-19-22(18(23)13-24-19)12-17-6-4-3-5-15(17)2/h3-11H,12-13H2,1-2H3/b20-11-,21-19+. The van der Waals surface area contributed by atoms with Gasteiger partial charge in [-0.25, -0.2) is 0 Å². The SMILES string of the molecule is Cc1ccc(/C=N\N=C2\SCC(=O)N2Cc2ccccc2C)cc1. The Kier molecular flexibility index (Phi) is 5.11. The van der Waals surface area contributed by atoms with Crippen molar-refractivity contribution in [2.75, 3.05) is 5.75 Å². The molecule has 24 heavy (non-hydrogen) atoms. The van der Waals surface area contributed by atoms with E-state index in [-0.39, 0.29) is 5.91 Å². The van der Waals surface area contributed by atoms with Gasteiger partial charge in [0, 0.05) is 0 Å². The number of nitrogens with zero attached hydrogens (tertiary/aromatic N) is 3. The number of hydrogen-bond acceptors (Lipinski definition) is 4. The number of rotatable bonds is 4. The van der Waals surface area contributed by atoms with Crippen molar-refractivity contribution in [2.45, 2.75) is 20.4 Å². The highest BCUT2D eigenvalue weighted by Crippen LogP contribution is 2.23. The van der Waals surface area contributed by atoms with E-state index in [2.05, 4.69) is 23.2 Å². The monoisotopic (exact) mass is 337 g/mol. The largest absolute Gasteiger partial charge is 0.285 e. The van der Waals surface area contributed by atoms with Gasteiger partial charge in [-0.3, -0.25) is 9.69 Å². The smallest absolute Gasteiger partial charge is 0.239 e. The van der Waals surface area contributed by atoms with Crippen LogP contribution in [-0.4, -0.2) is 27.9 Å². The van der Waals surface area contributed by atoms with Crippen LogP contribution >= 0.6 is 11.8 Å². The molecule has 1 saturated heterocycles. The first-order chi connectivity index (χ1) is 11.6. The van der Waals surface area contributed by atoms with Crippen molar-refractivity contribution in [1.29, 1.82) is 0 Å². The maximum atomic E-state index is 12.1. The van der Waals surface area contributed by atoms with Crippen LogP contribution in [0.5, 0.6) is 0 Å². The van der Waals surface area contributed by atoms with Gasteiger partial charge in [-0.15, -0.1) is 5.10 Å². The first-order valence-corrected chi connectivity index (χ1v) is 8.77. The molecule has 1 heterocycles. The molecule has 0 unspecified atom stereocenters. The zero-order valence-corrected chi connectivity index (χ0v) is 14.6. The van der Waals surface area contributed by atoms with E-state index in [9.17, 15) is 4.79 Å². The Morgan fingerprint density at radius 1 is 1.12 bits per heavy atom. The van der Waals surface area contributed by atoms with Crippen molar-refractivity contribution in [2.24, 2.45) is 10.2 Å². The van der Waals surface area contributed by atoms with Crippen LogP contribution in [0, 0.1) is 13.8 Å². The third-order valence-electron chi connectivity index (χ3n) is 3.87. The molecule has 122 valence electrons. The average Bonchev–Trinajstić information content (AvgIpc) is 2.92. The van der Waals surface area contributed by atoms with E-state index < -0.39 is 0 Å². The van der Waals surface area contributed by atoms with Crippen LogP contribution in [0.1, 0.15) is 22.3 Å². The Morgan fingerprint density at radius 3 is 2.62 bits per heavy atom. The molecular weight excluding hydrogens is 318 g/mol. The van der Waals surface area contributed by atoms with Crippen molar-refractivity contribution >= 4 is 29.1 Å². The summed E-state index contributed by atoms with van der Waals surface area (Å²) in [5, 5.41) is 9.06. The molecule has 1 fully saturated rings. The Bertz CT molecular complexity index is 797. The van der Waals surface area contributed by atoms with Crippen LogP contribution in [0.3, 0.4) is 0 Å². The molecule has 1 amide bonds. The van der Waals surface area contributed by atoms with Crippen molar-refractivity contribution in [3.63, 3.8) is 0 Å². The number of amidine groups is 1. The van der Waals surface area contributed by atoms with Gasteiger partial charge in [0.2, 0.25) is 5.91 Å². The molecule has 3 rings (SSSR count). The van der Waals surface area contributed by atoms with Gasteiger partial charge in [-0.1, -0.05) is 65.9 Å². The average molecular weight is 337 g/mol. The fraction of sp³-hybridized carbons (Fsp3) is 0.211. The van der Waals surface area contributed by atoms with Gasteiger partial charge in [0.05, 0.1) is 18.5 Å². The van der Waals surface area contributed by atoms with Crippen LogP contribution < -0.4 is 0 Å². The molecule has 4 nitrogen and oxygen atoms in total. The number of carbonyl (C=O) groups is 1. The predicted octanol–water partition coefficient (Wildman–Crippen LogP) is 3.77. The summed E-state index contributed by atoms with van der Waals surface area (Å²) in [6.45, 7) is 4.64. The highest BCUT2D eigenvalue weighted by atomic mass is 32.2. The summed E-state index contributed by atoms with van der Waals surface area (Å²) in [6.07, 6.45) is 1.71. The van der Waals surface area contributed by atoms with Gasteiger partial charge in [-0.2, -0.15) is 5.10 Å². The van der Waals surface area contributed by atoms with E-state index in [1.165, 1.54) is 22.9 Å². The third kappa shape index (κ3) is 3.92. The summed E-state index contributed by atoms with van der Waals surface area (Å²) in [7, 11) is 0. The zero-order chi connectivity index (χ0) is 16.9. The lowest BCUT2D eigenvalue weighted by Crippen LogP contribution is -2.29. The first kappa shape index (κ1) is 16.5. The lowest BCUT2D eigenvalue weighted by Gasteiger charge is -2.16. The molecule has 0 N–H and O–H groups in total. The Balaban J connectivity index is 1.75. The van der Waals surface area contributed by atoms with Crippen molar-refractivity contribution in [3.8, 4) is 0 Å². The molecule has 0 aromatic heterocycles. The van der Waals surface area contributed by atoms with Gasteiger partial charge >= 0.3 is 0 Å². The fourth-order valence-corrected chi connectivity index (χ4v) is 3.22. The van der Waals surface area contributed by atoms with Crippen LogP contribution in [0.15, 0.2) is 58.7 Å². The van der Waals surface area contributed by atoms with Crippen LogP contribution in [0.4, 0.5) is 0 Å². The summed E-state index contributed by atoms with van der Waals surface area (Å²) in [5.74, 6) is 0.498. The van der Waals surface area contributed by atoms with E-state index in [1.807, 2.05) is 49.4 Å². The van der Waals surface area contributed by atoms with E-state index in [0.29, 0.717) is 17.5 Å². The van der Waals surface area contributed by atoms with E-state index >= 15 is 0 Å². The number of amides is 1. The van der Waals surface area contributed by atoms with E-state index in [4.69, 9.17) is 0 Å². The van der Waals surface area contributed by atoms with Gasteiger partial charge in [-0.05, 0) is 30.5 Å². The summed E-state index contributed by atoms with van der Waals surface area (Å²) in [4.78, 5) is 13.9. The minimum absolute atomic E-state index is 0.0764. The molecule has 0 spiro atoms. The van der Waals surface area contributed by atoms with Crippen LogP contribution in [0.2, 0.25) is 0 Å². The predicted molar refractivity (Wildman–Crippen MR) is 100 cm³/mol. The van der Waals surface area contributed by atoms with Gasteiger partial charge in [0.1, 0.15) is 0 Å². The maximum absolute atomic E-state index is 12.1. The summed E-state index contributed by atoms with van der Waals surface area (Å²) in [5.41, 5.74) is 4.50. The second kappa shape index (κ2) is 7.45. The molecule has 0 radical (unpaired) electrons. The summed E-state index contributed by atoms with van der Waals surface area (Å²) < 4.78 is 0. The molecule has 0 saturated carbocycles. The molecule has 0 bridgehead atoms. The number of aryl methyl sites for hydroxylation is 2.